The van der Waals surface area contributed by atoms with Gasteiger partial charge in [0.05, 0.1) is 26.4 Å². The molecule has 14 nitrogen and oxygen atoms in total. The van der Waals surface area contributed by atoms with E-state index in [2.05, 4.69) is 111 Å². The maximum atomic E-state index is 13.0. The van der Waals surface area contributed by atoms with Crippen LogP contribution in [0.1, 0.15) is 174 Å². The highest BCUT2D eigenvalue weighted by molar-refractivity contribution is 5.69. The van der Waals surface area contributed by atoms with Gasteiger partial charge in [0, 0.05) is 13.0 Å². The Morgan fingerprint density at radius 2 is 0.878 bits per heavy atom. The maximum absolute atomic E-state index is 13.0. The Kier molecular flexibility index (Phi) is 41.7. The molecule has 424 valence electrons. The van der Waals surface area contributed by atoms with Gasteiger partial charge in [-0.1, -0.05) is 169 Å². The van der Waals surface area contributed by atoms with Crippen molar-refractivity contribution in [1.82, 2.24) is 0 Å². The van der Waals surface area contributed by atoms with Crippen LogP contribution in [-0.4, -0.2) is 142 Å². The molecule has 0 aromatic carbocycles. The Hall–Kier alpha value is -3.09. The second-order valence-corrected chi connectivity index (χ2v) is 19.4. The summed E-state index contributed by atoms with van der Waals surface area (Å²) in [6.07, 6.45) is 44.7. The fraction of sp³-hybridized carbons (Fsp3) is 0.717. The molecule has 11 atom stereocenters. The minimum Gasteiger partial charge on any atom is -0.457 e. The van der Waals surface area contributed by atoms with E-state index in [0.29, 0.717) is 13.0 Å². The van der Waals surface area contributed by atoms with Gasteiger partial charge in [-0.25, -0.2) is 0 Å². The van der Waals surface area contributed by atoms with Gasteiger partial charge in [-0.15, -0.1) is 0 Å². The van der Waals surface area contributed by atoms with Gasteiger partial charge in [0.15, 0.2) is 12.6 Å². The second-order valence-electron chi connectivity index (χ2n) is 19.4. The van der Waals surface area contributed by atoms with Crippen molar-refractivity contribution < 1.29 is 69.0 Å². The minimum atomic E-state index is -1.72. The lowest BCUT2D eigenvalue weighted by Gasteiger charge is -2.42. The number of carbonyl (C=O) groups excluding carboxylic acids is 1. The molecule has 0 aromatic rings. The van der Waals surface area contributed by atoms with Crippen LogP contribution in [-0.2, 0) is 33.2 Å². The zero-order valence-electron chi connectivity index (χ0n) is 45.3. The molecule has 74 heavy (non-hydrogen) atoms. The lowest BCUT2D eigenvalue weighted by molar-refractivity contribution is -0.332. The van der Waals surface area contributed by atoms with E-state index in [-0.39, 0.29) is 19.6 Å². The van der Waals surface area contributed by atoms with E-state index in [1.165, 1.54) is 32.1 Å². The molecule has 0 spiro atoms. The van der Waals surface area contributed by atoms with Crippen LogP contribution in [0.15, 0.2) is 97.2 Å². The predicted molar refractivity (Wildman–Crippen MR) is 293 cm³/mol. The topological polar surface area (TPSA) is 214 Å². The molecule has 2 aliphatic rings. The molecular weight excluding hydrogens is 945 g/mol. The number of carbonyl (C=O) groups is 1. The van der Waals surface area contributed by atoms with Crippen LogP contribution < -0.4 is 0 Å². The third kappa shape index (κ3) is 32.5. The van der Waals surface area contributed by atoms with Crippen molar-refractivity contribution in [3.05, 3.63) is 97.2 Å². The first-order valence-corrected chi connectivity index (χ1v) is 28.3. The van der Waals surface area contributed by atoms with Gasteiger partial charge >= 0.3 is 5.97 Å². The minimum absolute atomic E-state index is 0.0347. The van der Waals surface area contributed by atoms with E-state index in [0.717, 1.165) is 116 Å². The maximum Gasteiger partial charge on any atom is 0.306 e. The van der Waals surface area contributed by atoms with E-state index in [9.17, 15) is 40.5 Å². The Morgan fingerprint density at radius 1 is 0.459 bits per heavy atom. The average Bonchev–Trinajstić information content (AvgIpc) is 3.40. The van der Waals surface area contributed by atoms with Gasteiger partial charge in [-0.05, 0) is 96.3 Å². The molecule has 11 unspecified atom stereocenters. The fourth-order valence-electron chi connectivity index (χ4n) is 8.26. The molecule has 0 saturated carbocycles. The third-order valence-electron chi connectivity index (χ3n) is 12.8. The normalized spacial score (nSPS) is 25.5. The first-order valence-electron chi connectivity index (χ1n) is 28.3. The molecule has 0 aromatic heterocycles. The van der Waals surface area contributed by atoms with Gasteiger partial charge in [-0.3, -0.25) is 4.79 Å². The molecule has 0 aliphatic carbocycles. The van der Waals surface area contributed by atoms with Crippen LogP contribution >= 0.6 is 0 Å². The summed E-state index contributed by atoms with van der Waals surface area (Å²) in [5.74, 6) is -0.399. The second kappa shape index (κ2) is 46.0. The summed E-state index contributed by atoms with van der Waals surface area (Å²) < 4.78 is 34.3. The molecule has 0 bridgehead atoms. The number of ether oxygens (including phenoxy) is 6. The molecule has 2 heterocycles. The van der Waals surface area contributed by atoms with Gasteiger partial charge in [-0.2, -0.15) is 0 Å². The summed E-state index contributed by atoms with van der Waals surface area (Å²) in [4.78, 5) is 13.0. The third-order valence-corrected chi connectivity index (χ3v) is 12.8. The number of esters is 1. The van der Waals surface area contributed by atoms with Crippen molar-refractivity contribution in [2.24, 2.45) is 0 Å². The highest BCUT2D eigenvalue weighted by Gasteiger charge is 2.47. The van der Waals surface area contributed by atoms with Crippen molar-refractivity contribution in [2.45, 2.75) is 242 Å². The first-order chi connectivity index (χ1) is 36.1. The Labute approximate surface area is 445 Å². The van der Waals surface area contributed by atoms with E-state index >= 15 is 0 Å². The van der Waals surface area contributed by atoms with Crippen LogP contribution in [0.25, 0.3) is 0 Å². The SMILES string of the molecule is CC/C=C\C/C=C\C/C=C\C/C=C\C/C=C\C/C=C\C/C=C\CCCCCCOCC(COC1OC(COC2OC(CO)C(O)C(O)C2O)C(O)C(O)C1O)OC(=O)CCCCCCC/C=C\CCCCCCC. The fourth-order valence-corrected chi connectivity index (χ4v) is 8.26. The highest BCUT2D eigenvalue weighted by atomic mass is 16.7. The number of aliphatic hydroxyl groups excluding tert-OH is 7. The number of unbranched alkanes of at least 4 members (excludes halogenated alkanes) is 14. The Balaban J connectivity index is 1.73. The van der Waals surface area contributed by atoms with Crippen molar-refractivity contribution >= 4 is 5.97 Å². The van der Waals surface area contributed by atoms with E-state index in [4.69, 9.17) is 28.4 Å². The monoisotopic (exact) mass is 1040 g/mol. The average molecular weight is 1050 g/mol. The molecule has 14 heteroatoms. The van der Waals surface area contributed by atoms with Crippen molar-refractivity contribution in [3.8, 4) is 0 Å². The van der Waals surface area contributed by atoms with Crippen molar-refractivity contribution in [3.63, 3.8) is 0 Å². The molecule has 7 N–H and O–H groups in total. The number of rotatable bonds is 44. The van der Waals surface area contributed by atoms with Crippen LogP contribution in [0.2, 0.25) is 0 Å². The molecule has 2 rings (SSSR count). The standard InChI is InChI=1S/C60H100O14/c1-3-5-7-9-11-13-15-17-19-20-21-22-23-24-25-26-27-28-29-30-32-34-36-38-40-42-44-69-46-49(72-52(62)43-41-39-37-35-33-31-18-16-14-12-10-8-6-4-2)47-70-59-58(68)56(66)54(64)51(74-59)48-71-60-57(67)55(65)53(63)50(45-61)73-60/h5,7,11,13,16-19,21-22,24-25,27-28,30,32,49-51,53-61,63-68H,3-4,6,8-10,12,14-15,20,23,26,29,31,33-48H2,1-2H3/b7-5-,13-11-,18-16-,19-17-,22-21-,25-24-,28-27-,32-30-. The molecular formula is C60H100O14. The molecule has 0 amide bonds. The summed E-state index contributed by atoms with van der Waals surface area (Å²) in [6.45, 7) is 3.47. The Morgan fingerprint density at radius 3 is 1.39 bits per heavy atom. The van der Waals surface area contributed by atoms with Crippen LogP contribution in [0, 0.1) is 0 Å². The number of allylic oxidation sites excluding steroid dienone is 16. The number of hydrogen-bond acceptors (Lipinski definition) is 14. The summed E-state index contributed by atoms with van der Waals surface area (Å²) in [6, 6.07) is 0. The zero-order chi connectivity index (χ0) is 53.7. The lowest BCUT2D eigenvalue weighted by atomic mass is 9.98. The lowest BCUT2D eigenvalue weighted by Crippen LogP contribution is -2.61. The Bertz CT molecular complexity index is 1590. The van der Waals surface area contributed by atoms with E-state index < -0.39 is 86.7 Å². The summed E-state index contributed by atoms with van der Waals surface area (Å²) in [7, 11) is 0. The number of aliphatic hydroxyl groups is 7. The highest BCUT2D eigenvalue weighted by Crippen LogP contribution is 2.26. The van der Waals surface area contributed by atoms with Crippen LogP contribution in [0.5, 0.6) is 0 Å². The quantitative estimate of drug-likeness (QED) is 0.0172. The van der Waals surface area contributed by atoms with E-state index in [1.807, 2.05) is 0 Å². The molecule has 2 saturated heterocycles. The summed E-state index contributed by atoms with van der Waals surface area (Å²) >= 11 is 0. The van der Waals surface area contributed by atoms with Gasteiger partial charge < -0.3 is 64.2 Å². The van der Waals surface area contributed by atoms with Crippen molar-refractivity contribution in [1.29, 1.82) is 0 Å². The van der Waals surface area contributed by atoms with Gasteiger partial charge in [0.2, 0.25) is 0 Å². The predicted octanol–water partition coefficient (Wildman–Crippen LogP) is 9.80. The van der Waals surface area contributed by atoms with E-state index in [1.54, 1.807) is 0 Å². The molecule has 2 fully saturated rings. The first kappa shape index (κ1) is 67.0. The summed E-state index contributed by atoms with van der Waals surface area (Å²) in [5, 5.41) is 72.3. The van der Waals surface area contributed by atoms with Gasteiger partial charge in [0.25, 0.3) is 0 Å². The van der Waals surface area contributed by atoms with Crippen molar-refractivity contribution in [2.75, 3.05) is 33.0 Å². The van der Waals surface area contributed by atoms with Gasteiger partial charge in [0.1, 0.15) is 54.9 Å². The molecule has 0 radical (unpaired) electrons. The summed E-state index contributed by atoms with van der Waals surface area (Å²) in [5.41, 5.74) is 0. The smallest absolute Gasteiger partial charge is 0.306 e. The molecule has 2 aliphatic heterocycles. The van der Waals surface area contributed by atoms with Crippen LogP contribution in [0.3, 0.4) is 0 Å². The largest absolute Gasteiger partial charge is 0.457 e. The number of hydrogen-bond donors (Lipinski definition) is 7. The van der Waals surface area contributed by atoms with Crippen LogP contribution in [0.4, 0.5) is 0 Å². The zero-order valence-corrected chi connectivity index (χ0v) is 45.3.